The van der Waals surface area contributed by atoms with Gasteiger partial charge in [0.15, 0.2) is 0 Å². The van der Waals surface area contributed by atoms with Gasteiger partial charge in [0.05, 0.1) is 12.2 Å². The van der Waals surface area contributed by atoms with Crippen molar-refractivity contribution in [3.8, 4) is 0 Å². The van der Waals surface area contributed by atoms with Crippen LogP contribution in [0.1, 0.15) is 25.5 Å². The van der Waals surface area contributed by atoms with Crippen LogP contribution in [0.15, 0.2) is 24.4 Å². The molecule has 0 aliphatic carbocycles. The van der Waals surface area contributed by atoms with Crippen LogP contribution in [0.4, 0.5) is 0 Å². The minimum absolute atomic E-state index is 0.0573. The number of aromatic nitrogens is 1. The summed E-state index contributed by atoms with van der Waals surface area (Å²) in [6.07, 6.45) is 2.74. The smallest absolute Gasteiger partial charge is 0.233 e. The quantitative estimate of drug-likeness (QED) is 0.720. The van der Waals surface area contributed by atoms with Crippen LogP contribution in [0.2, 0.25) is 0 Å². The van der Waals surface area contributed by atoms with Gasteiger partial charge in [-0.25, -0.2) is 0 Å². The molecule has 1 aromatic heterocycles. The van der Waals surface area contributed by atoms with Crippen molar-refractivity contribution >= 4 is 11.8 Å². The van der Waals surface area contributed by atoms with Crippen LogP contribution in [0, 0.1) is 5.92 Å². The summed E-state index contributed by atoms with van der Waals surface area (Å²) >= 11 is 0. The maximum atomic E-state index is 11.8. The molecule has 2 heterocycles. The maximum Gasteiger partial charge on any atom is 0.233 e. The van der Waals surface area contributed by atoms with Gasteiger partial charge in [0.2, 0.25) is 11.8 Å². The Hall–Kier alpha value is -1.71. The highest BCUT2D eigenvalue weighted by molar-refractivity contribution is 6.03. The first kappa shape index (κ1) is 10.8. The second-order valence-electron chi connectivity index (χ2n) is 3.95. The Balaban J connectivity index is 2.11. The summed E-state index contributed by atoms with van der Waals surface area (Å²) in [5.41, 5.74) is 0.751. The summed E-state index contributed by atoms with van der Waals surface area (Å²) in [5.74, 6) is -0.267. The van der Waals surface area contributed by atoms with Crippen LogP contribution in [0.5, 0.6) is 0 Å². The standard InChI is InChI=1S/C12H14N2O2/c1-2-9-7-11(15)14(12(9)16)8-10-5-3-4-6-13-10/h3-6,9H,2,7-8H2,1H3. The Kier molecular flexibility index (Phi) is 2.99. The van der Waals surface area contributed by atoms with Crippen molar-refractivity contribution in [1.29, 1.82) is 0 Å². The van der Waals surface area contributed by atoms with Crippen LogP contribution < -0.4 is 0 Å². The Morgan fingerprint density at radius 1 is 1.44 bits per heavy atom. The first-order valence-electron chi connectivity index (χ1n) is 5.46. The van der Waals surface area contributed by atoms with Crippen molar-refractivity contribution in [1.82, 2.24) is 9.88 Å². The Labute approximate surface area is 94.3 Å². The van der Waals surface area contributed by atoms with Crippen molar-refractivity contribution in [3.05, 3.63) is 30.1 Å². The SMILES string of the molecule is CCC1CC(=O)N(Cc2ccccn2)C1=O. The van der Waals surface area contributed by atoms with Gasteiger partial charge in [-0.05, 0) is 18.6 Å². The predicted octanol–water partition coefficient (Wildman–Crippen LogP) is 1.37. The van der Waals surface area contributed by atoms with Crippen molar-refractivity contribution < 1.29 is 9.59 Å². The van der Waals surface area contributed by atoms with Crippen LogP contribution >= 0.6 is 0 Å². The van der Waals surface area contributed by atoms with Crippen molar-refractivity contribution in [2.24, 2.45) is 5.92 Å². The van der Waals surface area contributed by atoms with E-state index in [2.05, 4.69) is 4.98 Å². The molecular formula is C12H14N2O2. The molecule has 1 atom stereocenters. The van der Waals surface area contributed by atoms with Gasteiger partial charge >= 0.3 is 0 Å². The van der Waals surface area contributed by atoms with Crippen LogP contribution in [0.3, 0.4) is 0 Å². The van der Waals surface area contributed by atoms with Gasteiger partial charge in [-0.15, -0.1) is 0 Å². The molecule has 0 N–H and O–H groups in total. The zero-order chi connectivity index (χ0) is 11.5. The van der Waals surface area contributed by atoms with Crippen LogP contribution in [-0.2, 0) is 16.1 Å². The summed E-state index contributed by atoms with van der Waals surface area (Å²) in [5, 5.41) is 0. The van der Waals surface area contributed by atoms with Gasteiger partial charge in [0.25, 0.3) is 0 Å². The van der Waals surface area contributed by atoms with Gasteiger partial charge in [0.1, 0.15) is 0 Å². The summed E-state index contributed by atoms with van der Waals surface area (Å²) in [6, 6.07) is 5.48. The van der Waals surface area contributed by atoms with E-state index in [1.165, 1.54) is 4.90 Å². The molecule has 1 saturated heterocycles. The zero-order valence-corrected chi connectivity index (χ0v) is 9.22. The topological polar surface area (TPSA) is 50.3 Å². The van der Waals surface area contributed by atoms with Crippen molar-refractivity contribution in [2.75, 3.05) is 0 Å². The molecule has 0 aromatic carbocycles. The van der Waals surface area contributed by atoms with E-state index in [9.17, 15) is 9.59 Å². The van der Waals surface area contributed by atoms with E-state index < -0.39 is 0 Å². The molecule has 0 radical (unpaired) electrons. The third-order valence-electron chi connectivity index (χ3n) is 2.88. The molecule has 4 nitrogen and oxygen atoms in total. The zero-order valence-electron chi connectivity index (χ0n) is 9.22. The number of pyridine rings is 1. The number of hydrogen-bond acceptors (Lipinski definition) is 3. The van der Waals surface area contributed by atoms with Crippen LogP contribution in [-0.4, -0.2) is 21.7 Å². The lowest BCUT2D eigenvalue weighted by Gasteiger charge is -2.13. The number of nitrogens with zero attached hydrogens (tertiary/aromatic N) is 2. The number of amides is 2. The Bertz CT molecular complexity index is 403. The van der Waals surface area contributed by atoms with Crippen molar-refractivity contribution in [2.45, 2.75) is 26.3 Å². The molecule has 1 aliphatic rings. The summed E-state index contributed by atoms with van der Waals surface area (Å²) in [6.45, 7) is 2.23. The minimum Gasteiger partial charge on any atom is -0.276 e. The van der Waals surface area contributed by atoms with E-state index in [4.69, 9.17) is 0 Å². The van der Waals surface area contributed by atoms with Gasteiger partial charge in [-0.1, -0.05) is 13.0 Å². The van der Waals surface area contributed by atoms with E-state index in [0.717, 1.165) is 12.1 Å². The summed E-state index contributed by atoms with van der Waals surface area (Å²) < 4.78 is 0. The molecule has 2 rings (SSSR count). The Morgan fingerprint density at radius 3 is 2.81 bits per heavy atom. The Morgan fingerprint density at radius 2 is 2.25 bits per heavy atom. The minimum atomic E-state index is -0.129. The number of likely N-dealkylation sites (tertiary alicyclic amines) is 1. The highest BCUT2D eigenvalue weighted by atomic mass is 16.2. The van der Waals surface area contributed by atoms with Gasteiger partial charge < -0.3 is 0 Å². The molecule has 0 saturated carbocycles. The highest BCUT2D eigenvalue weighted by Crippen LogP contribution is 2.23. The number of carbonyl (C=O) groups excluding carboxylic acids is 2. The van der Waals surface area contributed by atoms with E-state index >= 15 is 0 Å². The monoisotopic (exact) mass is 218 g/mol. The fourth-order valence-electron chi connectivity index (χ4n) is 1.89. The van der Waals surface area contributed by atoms with E-state index in [1.807, 2.05) is 25.1 Å². The van der Waals surface area contributed by atoms with E-state index in [-0.39, 0.29) is 17.7 Å². The average molecular weight is 218 g/mol. The number of hydrogen-bond donors (Lipinski definition) is 0. The molecule has 16 heavy (non-hydrogen) atoms. The van der Waals surface area contributed by atoms with Gasteiger partial charge in [0, 0.05) is 18.5 Å². The third-order valence-corrected chi connectivity index (χ3v) is 2.88. The van der Waals surface area contributed by atoms with E-state index in [1.54, 1.807) is 6.20 Å². The molecule has 1 unspecified atom stereocenters. The molecule has 4 heteroatoms. The van der Waals surface area contributed by atoms with E-state index in [0.29, 0.717) is 13.0 Å². The second kappa shape index (κ2) is 4.43. The predicted molar refractivity (Wildman–Crippen MR) is 58.2 cm³/mol. The normalized spacial score (nSPS) is 20.6. The lowest BCUT2D eigenvalue weighted by Crippen LogP contribution is -2.30. The first-order chi connectivity index (χ1) is 7.72. The largest absolute Gasteiger partial charge is 0.276 e. The highest BCUT2D eigenvalue weighted by Gasteiger charge is 2.37. The molecule has 84 valence electrons. The fraction of sp³-hybridized carbons (Fsp3) is 0.417. The second-order valence-corrected chi connectivity index (χ2v) is 3.95. The lowest BCUT2D eigenvalue weighted by molar-refractivity contribution is -0.140. The molecule has 0 bridgehead atoms. The molecule has 0 spiro atoms. The maximum absolute atomic E-state index is 11.8. The van der Waals surface area contributed by atoms with Gasteiger partial charge in [-0.3, -0.25) is 19.5 Å². The average Bonchev–Trinajstić information content (AvgIpc) is 2.58. The molecule has 2 amide bonds. The number of rotatable bonds is 3. The third kappa shape index (κ3) is 1.96. The summed E-state index contributed by atoms with van der Waals surface area (Å²) in [4.78, 5) is 28.9. The summed E-state index contributed by atoms with van der Waals surface area (Å²) in [7, 11) is 0. The van der Waals surface area contributed by atoms with Gasteiger partial charge in [-0.2, -0.15) is 0 Å². The number of imide groups is 1. The molecule has 1 aliphatic heterocycles. The lowest BCUT2D eigenvalue weighted by atomic mass is 10.1. The van der Waals surface area contributed by atoms with Crippen LogP contribution in [0.25, 0.3) is 0 Å². The first-order valence-corrected chi connectivity index (χ1v) is 5.46. The molecular weight excluding hydrogens is 204 g/mol. The fourth-order valence-corrected chi connectivity index (χ4v) is 1.89. The molecule has 1 fully saturated rings. The number of carbonyl (C=O) groups is 2. The molecule has 1 aromatic rings. The van der Waals surface area contributed by atoms with Crippen molar-refractivity contribution in [3.63, 3.8) is 0 Å².